The number of hydrogen-bond donors (Lipinski definition) is 2. The number of benzene rings is 1. The molecule has 0 aromatic heterocycles. The van der Waals surface area contributed by atoms with Crippen LogP contribution in [0.1, 0.15) is 12.0 Å². The van der Waals surface area contributed by atoms with Crippen molar-refractivity contribution in [3.8, 4) is 5.75 Å². The lowest BCUT2D eigenvalue weighted by atomic mass is 10.1. The molecule has 1 aromatic rings. The van der Waals surface area contributed by atoms with Crippen LogP contribution in [0.25, 0.3) is 0 Å². The van der Waals surface area contributed by atoms with Gasteiger partial charge in [0, 0.05) is 12.6 Å². The van der Waals surface area contributed by atoms with Crippen LogP contribution >= 0.6 is 0 Å². The molecule has 1 aliphatic rings. The monoisotopic (exact) mass is 270 g/mol. The molecule has 5 nitrogen and oxygen atoms in total. The molecule has 0 radical (unpaired) electrons. The van der Waals surface area contributed by atoms with Crippen molar-refractivity contribution in [2.45, 2.75) is 19.0 Å². The topological polar surface area (TPSA) is 67.4 Å². The second-order valence-corrected chi connectivity index (χ2v) is 6.24. The highest BCUT2D eigenvalue weighted by Gasteiger charge is 2.23. The summed E-state index contributed by atoms with van der Waals surface area (Å²) in [5, 5.41) is 3.08. The molecular formula is C12H18N2O3S. The summed E-state index contributed by atoms with van der Waals surface area (Å²) >= 11 is 0. The van der Waals surface area contributed by atoms with Crippen molar-refractivity contribution >= 4 is 10.0 Å². The lowest BCUT2D eigenvalue weighted by Crippen LogP contribution is -2.49. The second-order valence-electron chi connectivity index (χ2n) is 4.39. The van der Waals surface area contributed by atoms with Gasteiger partial charge in [0.25, 0.3) is 0 Å². The van der Waals surface area contributed by atoms with Crippen molar-refractivity contribution < 1.29 is 13.2 Å². The van der Waals surface area contributed by atoms with Crippen LogP contribution in [0.15, 0.2) is 24.3 Å². The fourth-order valence-electron chi connectivity index (χ4n) is 1.75. The molecule has 1 atom stereocenters. The molecule has 100 valence electrons. The van der Waals surface area contributed by atoms with Crippen LogP contribution in [0.3, 0.4) is 0 Å². The van der Waals surface area contributed by atoms with Crippen LogP contribution in [0, 0.1) is 0 Å². The highest BCUT2D eigenvalue weighted by atomic mass is 32.2. The summed E-state index contributed by atoms with van der Waals surface area (Å²) < 4.78 is 31.2. The van der Waals surface area contributed by atoms with Crippen molar-refractivity contribution in [1.29, 1.82) is 0 Å². The summed E-state index contributed by atoms with van der Waals surface area (Å²) in [6, 6.07) is 7.44. The average molecular weight is 270 g/mol. The van der Waals surface area contributed by atoms with E-state index in [1.54, 1.807) is 7.11 Å². The van der Waals surface area contributed by atoms with Gasteiger partial charge in [0.15, 0.2) is 0 Å². The normalized spacial score (nSPS) is 19.3. The molecule has 2 rings (SSSR count). The first-order valence-corrected chi connectivity index (χ1v) is 7.58. The van der Waals surface area contributed by atoms with E-state index in [4.69, 9.17) is 4.74 Å². The van der Waals surface area contributed by atoms with E-state index in [0.29, 0.717) is 6.54 Å². The third kappa shape index (κ3) is 3.69. The van der Waals surface area contributed by atoms with Crippen LogP contribution in [0.2, 0.25) is 0 Å². The van der Waals surface area contributed by atoms with Gasteiger partial charge in [-0.1, -0.05) is 12.1 Å². The molecule has 18 heavy (non-hydrogen) atoms. The maximum atomic E-state index is 11.8. The number of hydrogen-bond acceptors (Lipinski definition) is 4. The summed E-state index contributed by atoms with van der Waals surface area (Å²) in [5.74, 6) is 0.920. The van der Waals surface area contributed by atoms with E-state index in [-0.39, 0.29) is 11.8 Å². The molecule has 0 saturated carbocycles. The van der Waals surface area contributed by atoms with Crippen LogP contribution in [-0.2, 0) is 16.6 Å². The molecule has 1 heterocycles. The fraction of sp³-hybridized carbons (Fsp3) is 0.500. The summed E-state index contributed by atoms with van der Waals surface area (Å²) in [7, 11) is -1.60. The minimum Gasteiger partial charge on any atom is -0.497 e. The Kier molecular flexibility index (Phi) is 4.21. The van der Waals surface area contributed by atoms with Crippen LogP contribution < -0.4 is 14.8 Å². The molecule has 0 bridgehead atoms. The predicted octanol–water partition coefficient (Wildman–Crippen LogP) is 0.476. The third-order valence-electron chi connectivity index (χ3n) is 3.00. The van der Waals surface area contributed by atoms with Crippen LogP contribution in [0.4, 0.5) is 0 Å². The molecular weight excluding hydrogens is 252 g/mol. The SMILES string of the molecule is COc1ccc(CNS(=O)(=O)CC2CCN2)cc1. The first kappa shape index (κ1) is 13.3. The number of rotatable bonds is 6. The van der Waals surface area contributed by atoms with Gasteiger partial charge in [-0.3, -0.25) is 0 Å². The van der Waals surface area contributed by atoms with Crippen LogP contribution in [0.5, 0.6) is 5.75 Å². The van der Waals surface area contributed by atoms with Gasteiger partial charge in [-0.15, -0.1) is 0 Å². The Morgan fingerprint density at radius 2 is 2.06 bits per heavy atom. The molecule has 0 amide bonds. The summed E-state index contributed by atoms with van der Waals surface area (Å²) in [6.45, 7) is 1.23. The zero-order valence-corrected chi connectivity index (χ0v) is 11.2. The predicted molar refractivity (Wildman–Crippen MR) is 70.0 cm³/mol. The molecule has 1 saturated heterocycles. The first-order chi connectivity index (χ1) is 8.59. The third-order valence-corrected chi connectivity index (χ3v) is 4.43. The second kappa shape index (κ2) is 5.69. The minimum absolute atomic E-state index is 0.110. The summed E-state index contributed by atoms with van der Waals surface area (Å²) in [4.78, 5) is 0. The van der Waals surface area contributed by atoms with Gasteiger partial charge in [-0.2, -0.15) is 0 Å². The van der Waals surface area contributed by atoms with Gasteiger partial charge < -0.3 is 10.1 Å². The minimum atomic E-state index is -3.20. The Bertz CT molecular complexity index is 481. The number of methoxy groups -OCH3 is 1. The van der Waals surface area contributed by atoms with E-state index in [1.165, 1.54) is 0 Å². The van der Waals surface area contributed by atoms with E-state index >= 15 is 0 Å². The maximum Gasteiger partial charge on any atom is 0.213 e. The Morgan fingerprint density at radius 1 is 1.39 bits per heavy atom. The first-order valence-electron chi connectivity index (χ1n) is 5.93. The van der Waals surface area contributed by atoms with Gasteiger partial charge in [-0.25, -0.2) is 13.1 Å². The Balaban J connectivity index is 1.85. The van der Waals surface area contributed by atoms with E-state index in [0.717, 1.165) is 24.3 Å². The van der Waals surface area contributed by atoms with Gasteiger partial charge in [0.05, 0.1) is 12.9 Å². The van der Waals surface area contributed by atoms with Crippen molar-refractivity contribution in [3.05, 3.63) is 29.8 Å². The summed E-state index contributed by atoms with van der Waals surface area (Å²) in [6.07, 6.45) is 0.934. The van der Waals surface area contributed by atoms with E-state index in [9.17, 15) is 8.42 Å². The molecule has 1 unspecified atom stereocenters. The molecule has 1 fully saturated rings. The average Bonchev–Trinajstić information content (AvgIpc) is 2.32. The van der Waals surface area contributed by atoms with Gasteiger partial charge in [0.1, 0.15) is 5.75 Å². The molecule has 1 aliphatic heterocycles. The van der Waals surface area contributed by atoms with Crippen LogP contribution in [-0.4, -0.2) is 33.9 Å². The smallest absolute Gasteiger partial charge is 0.213 e. The zero-order valence-electron chi connectivity index (χ0n) is 10.3. The van der Waals surface area contributed by atoms with Gasteiger partial charge in [0.2, 0.25) is 10.0 Å². The highest BCUT2D eigenvalue weighted by Crippen LogP contribution is 2.11. The Hall–Kier alpha value is -1.11. The lowest BCUT2D eigenvalue weighted by molar-refractivity contribution is 0.397. The van der Waals surface area contributed by atoms with E-state index in [1.807, 2.05) is 24.3 Å². The fourth-order valence-corrected chi connectivity index (χ4v) is 3.07. The Morgan fingerprint density at radius 3 is 2.56 bits per heavy atom. The molecule has 2 N–H and O–H groups in total. The van der Waals surface area contributed by atoms with Gasteiger partial charge in [-0.05, 0) is 30.7 Å². The largest absolute Gasteiger partial charge is 0.497 e. The number of nitrogens with one attached hydrogen (secondary N) is 2. The molecule has 1 aromatic carbocycles. The molecule has 6 heteroatoms. The molecule has 0 aliphatic carbocycles. The highest BCUT2D eigenvalue weighted by molar-refractivity contribution is 7.89. The lowest BCUT2D eigenvalue weighted by Gasteiger charge is -2.27. The van der Waals surface area contributed by atoms with Crippen molar-refractivity contribution in [2.75, 3.05) is 19.4 Å². The van der Waals surface area contributed by atoms with Gasteiger partial charge >= 0.3 is 0 Å². The van der Waals surface area contributed by atoms with E-state index < -0.39 is 10.0 Å². The van der Waals surface area contributed by atoms with E-state index in [2.05, 4.69) is 10.0 Å². The zero-order chi connectivity index (χ0) is 13.0. The maximum absolute atomic E-state index is 11.8. The number of ether oxygens (including phenoxy) is 1. The quantitative estimate of drug-likeness (QED) is 0.789. The van der Waals surface area contributed by atoms with Crippen molar-refractivity contribution in [3.63, 3.8) is 0 Å². The molecule has 0 spiro atoms. The number of sulfonamides is 1. The van der Waals surface area contributed by atoms with Crippen molar-refractivity contribution in [2.24, 2.45) is 0 Å². The standard InChI is InChI=1S/C12H18N2O3S/c1-17-12-4-2-10(3-5-12)8-14-18(15,16)9-11-6-7-13-11/h2-5,11,13-14H,6-9H2,1H3. The Labute approximate surface area is 108 Å². The summed E-state index contributed by atoms with van der Waals surface area (Å²) in [5.41, 5.74) is 0.918. The van der Waals surface area contributed by atoms with Crippen molar-refractivity contribution in [1.82, 2.24) is 10.0 Å².